The summed E-state index contributed by atoms with van der Waals surface area (Å²) in [5, 5.41) is 0. The first-order chi connectivity index (χ1) is 4.61. The van der Waals surface area contributed by atoms with Gasteiger partial charge in [0.05, 0.1) is 0 Å². The van der Waals surface area contributed by atoms with Crippen LogP contribution < -0.4 is 0 Å². The molecule has 0 aromatic rings. The van der Waals surface area contributed by atoms with E-state index in [0.717, 1.165) is 6.42 Å². The molecule has 10 heavy (non-hydrogen) atoms. The van der Waals surface area contributed by atoms with Crippen LogP contribution in [0.25, 0.3) is 0 Å². The summed E-state index contributed by atoms with van der Waals surface area (Å²) in [4.78, 5) is 4.04. The van der Waals surface area contributed by atoms with Gasteiger partial charge in [-0.3, -0.25) is 4.99 Å². The van der Waals surface area contributed by atoms with Crippen LogP contribution in [0.4, 0.5) is 0 Å². The average molecular weight is 137 g/mol. The highest BCUT2D eigenvalue weighted by molar-refractivity contribution is 5.60. The van der Waals surface area contributed by atoms with Gasteiger partial charge in [-0.2, -0.15) is 0 Å². The van der Waals surface area contributed by atoms with Gasteiger partial charge in [-0.15, -0.1) is 0 Å². The SMILES string of the molecule is CC(C)(C)C1C=CN=CC1. The molecule has 1 nitrogen and oxygen atoms in total. The van der Waals surface area contributed by atoms with E-state index in [2.05, 4.69) is 31.8 Å². The molecular weight excluding hydrogens is 122 g/mol. The lowest BCUT2D eigenvalue weighted by atomic mass is 9.78. The van der Waals surface area contributed by atoms with Gasteiger partial charge < -0.3 is 0 Å². The van der Waals surface area contributed by atoms with Crippen molar-refractivity contribution >= 4 is 6.21 Å². The Labute approximate surface area is 62.9 Å². The second kappa shape index (κ2) is 2.57. The fraction of sp³-hybridized carbons (Fsp3) is 0.667. The van der Waals surface area contributed by atoms with Gasteiger partial charge in [-0.25, -0.2) is 0 Å². The Morgan fingerprint density at radius 1 is 1.40 bits per heavy atom. The number of allylic oxidation sites excluding steroid dienone is 1. The van der Waals surface area contributed by atoms with E-state index in [9.17, 15) is 0 Å². The minimum Gasteiger partial charge on any atom is -0.269 e. The van der Waals surface area contributed by atoms with Gasteiger partial charge in [0.2, 0.25) is 0 Å². The quantitative estimate of drug-likeness (QED) is 0.486. The predicted molar refractivity (Wildman–Crippen MR) is 45.2 cm³/mol. The van der Waals surface area contributed by atoms with Crippen molar-refractivity contribution in [2.75, 3.05) is 0 Å². The van der Waals surface area contributed by atoms with E-state index in [4.69, 9.17) is 0 Å². The lowest BCUT2D eigenvalue weighted by Gasteiger charge is -2.27. The van der Waals surface area contributed by atoms with E-state index >= 15 is 0 Å². The molecule has 0 amide bonds. The van der Waals surface area contributed by atoms with E-state index in [0.29, 0.717) is 11.3 Å². The first kappa shape index (κ1) is 7.52. The molecule has 0 aliphatic carbocycles. The molecular formula is C9H15N. The van der Waals surface area contributed by atoms with E-state index in [1.54, 1.807) is 0 Å². The minimum atomic E-state index is 0.392. The summed E-state index contributed by atoms with van der Waals surface area (Å²) >= 11 is 0. The van der Waals surface area contributed by atoms with Crippen molar-refractivity contribution in [3.8, 4) is 0 Å². The zero-order valence-electron chi connectivity index (χ0n) is 6.96. The maximum absolute atomic E-state index is 4.04. The predicted octanol–water partition coefficient (Wildman–Crippen LogP) is 2.64. The zero-order valence-corrected chi connectivity index (χ0v) is 6.96. The van der Waals surface area contributed by atoms with E-state index in [1.165, 1.54) is 0 Å². The lowest BCUT2D eigenvalue weighted by molar-refractivity contribution is 0.300. The third kappa shape index (κ3) is 1.69. The van der Waals surface area contributed by atoms with Crippen LogP contribution >= 0.6 is 0 Å². The molecule has 0 saturated heterocycles. The van der Waals surface area contributed by atoms with Crippen molar-refractivity contribution in [2.45, 2.75) is 27.2 Å². The monoisotopic (exact) mass is 137 g/mol. The summed E-state index contributed by atoms with van der Waals surface area (Å²) in [6.07, 6.45) is 7.19. The molecule has 0 aromatic carbocycles. The molecule has 1 unspecified atom stereocenters. The molecule has 0 fully saturated rings. The second-order valence-electron chi connectivity index (χ2n) is 3.88. The first-order valence-corrected chi connectivity index (χ1v) is 3.79. The Balaban J connectivity index is 2.60. The topological polar surface area (TPSA) is 12.4 Å². The maximum atomic E-state index is 4.04. The molecule has 0 radical (unpaired) electrons. The molecule has 0 bridgehead atoms. The maximum Gasteiger partial charge on any atom is 0.0227 e. The molecule has 0 N–H and O–H groups in total. The lowest BCUT2D eigenvalue weighted by Crippen LogP contribution is -2.19. The summed E-state index contributed by atoms with van der Waals surface area (Å²) in [5.41, 5.74) is 0.392. The molecule has 0 spiro atoms. The van der Waals surface area contributed by atoms with E-state index in [-0.39, 0.29) is 0 Å². The smallest absolute Gasteiger partial charge is 0.0227 e. The van der Waals surface area contributed by atoms with Gasteiger partial charge in [0, 0.05) is 12.4 Å². The first-order valence-electron chi connectivity index (χ1n) is 3.79. The number of hydrogen-bond donors (Lipinski definition) is 0. The van der Waals surface area contributed by atoms with Gasteiger partial charge in [0.25, 0.3) is 0 Å². The van der Waals surface area contributed by atoms with Crippen LogP contribution in [0.15, 0.2) is 17.3 Å². The number of rotatable bonds is 0. The van der Waals surface area contributed by atoms with Crippen LogP contribution in [-0.2, 0) is 0 Å². The Morgan fingerprint density at radius 3 is 2.40 bits per heavy atom. The highest BCUT2D eigenvalue weighted by Gasteiger charge is 2.21. The molecule has 0 saturated carbocycles. The van der Waals surface area contributed by atoms with Crippen LogP contribution in [0.3, 0.4) is 0 Å². The molecule has 0 aromatic heterocycles. The summed E-state index contributed by atoms with van der Waals surface area (Å²) in [7, 11) is 0. The summed E-state index contributed by atoms with van der Waals surface area (Å²) < 4.78 is 0. The molecule has 1 aliphatic heterocycles. The molecule has 1 heteroatoms. The number of nitrogens with zero attached hydrogens (tertiary/aromatic N) is 1. The second-order valence-corrected chi connectivity index (χ2v) is 3.88. The Bertz CT molecular complexity index is 160. The van der Waals surface area contributed by atoms with E-state index < -0.39 is 0 Å². The van der Waals surface area contributed by atoms with Crippen LogP contribution in [-0.4, -0.2) is 6.21 Å². The van der Waals surface area contributed by atoms with Crippen molar-refractivity contribution < 1.29 is 0 Å². The van der Waals surface area contributed by atoms with E-state index in [1.807, 2.05) is 12.4 Å². The molecule has 56 valence electrons. The zero-order chi connectivity index (χ0) is 7.61. The number of hydrogen-bond acceptors (Lipinski definition) is 1. The molecule has 1 heterocycles. The summed E-state index contributed by atoms with van der Waals surface area (Å²) in [5.74, 6) is 0.671. The molecule has 1 atom stereocenters. The fourth-order valence-electron chi connectivity index (χ4n) is 1.11. The van der Waals surface area contributed by atoms with Crippen LogP contribution in [0.1, 0.15) is 27.2 Å². The van der Waals surface area contributed by atoms with Crippen molar-refractivity contribution in [2.24, 2.45) is 16.3 Å². The van der Waals surface area contributed by atoms with Crippen LogP contribution in [0.5, 0.6) is 0 Å². The third-order valence-corrected chi connectivity index (χ3v) is 1.98. The standard InChI is InChI=1S/C9H15N/c1-9(2,3)8-4-6-10-7-5-8/h4,6-8H,5H2,1-3H3. The van der Waals surface area contributed by atoms with Gasteiger partial charge in [0.15, 0.2) is 0 Å². The van der Waals surface area contributed by atoms with Gasteiger partial charge in [-0.1, -0.05) is 26.8 Å². The van der Waals surface area contributed by atoms with Crippen molar-refractivity contribution in [1.29, 1.82) is 0 Å². The van der Waals surface area contributed by atoms with Crippen LogP contribution in [0, 0.1) is 11.3 Å². The van der Waals surface area contributed by atoms with Crippen molar-refractivity contribution in [1.82, 2.24) is 0 Å². The van der Waals surface area contributed by atoms with Gasteiger partial charge in [0.1, 0.15) is 0 Å². The highest BCUT2D eigenvalue weighted by atomic mass is 14.7. The number of aliphatic imine (C=N–C) groups is 1. The largest absolute Gasteiger partial charge is 0.269 e. The Hall–Kier alpha value is -0.590. The summed E-state index contributed by atoms with van der Waals surface area (Å²) in [6, 6.07) is 0. The molecule has 1 rings (SSSR count). The fourth-order valence-corrected chi connectivity index (χ4v) is 1.11. The highest BCUT2D eigenvalue weighted by Crippen LogP contribution is 2.30. The van der Waals surface area contributed by atoms with Crippen LogP contribution in [0.2, 0.25) is 0 Å². The Kier molecular flexibility index (Phi) is 1.93. The normalized spacial score (nSPS) is 25.3. The van der Waals surface area contributed by atoms with Gasteiger partial charge >= 0.3 is 0 Å². The average Bonchev–Trinajstić information content (AvgIpc) is 1.88. The van der Waals surface area contributed by atoms with Crippen molar-refractivity contribution in [3.63, 3.8) is 0 Å². The third-order valence-electron chi connectivity index (χ3n) is 1.98. The minimum absolute atomic E-state index is 0.392. The Morgan fingerprint density at radius 2 is 2.10 bits per heavy atom. The summed E-state index contributed by atoms with van der Waals surface area (Å²) in [6.45, 7) is 6.80. The van der Waals surface area contributed by atoms with Gasteiger partial charge in [-0.05, 0) is 17.8 Å². The van der Waals surface area contributed by atoms with Crippen molar-refractivity contribution in [3.05, 3.63) is 12.3 Å². The molecule has 1 aliphatic rings.